The Morgan fingerprint density at radius 3 is 2.15 bits per heavy atom. The molecule has 3 aliphatic heterocycles. The Balaban J connectivity index is 1.96. The van der Waals surface area contributed by atoms with Crippen LogP contribution in [0.4, 0.5) is 13.2 Å². The zero-order valence-corrected chi connectivity index (χ0v) is 12.3. The lowest BCUT2D eigenvalue weighted by atomic mass is 9.86. The molecule has 2 atom stereocenters. The summed E-state index contributed by atoms with van der Waals surface area (Å²) >= 11 is 0. The molecule has 0 saturated carbocycles. The molecular weight excluding hydrogens is 269 g/mol. The van der Waals surface area contributed by atoms with Crippen molar-refractivity contribution in [3.05, 3.63) is 0 Å². The first-order valence-corrected chi connectivity index (χ1v) is 7.21. The number of halogens is 3. The lowest BCUT2D eigenvalue weighted by molar-refractivity contribution is -0.157. The summed E-state index contributed by atoms with van der Waals surface area (Å²) in [5.74, 6) is -0.342. The highest BCUT2D eigenvalue weighted by atomic mass is 19.4. The molecule has 0 aromatic rings. The number of nitrogens with zero attached hydrogens (tertiary/aromatic N) is 2. The summed E-state index contributed by atoms with van der Waals surface area (Å²) < 4.78 is 36.6. The molecule has 0 aliphatic carbocycles. The van der Waals surface area contributed by atoms with Crippen LogP contribution in [0, 0.1) is 0 Å². The highest BCUT2D eigenvalue weighted by molar-refractivity contribution is 5.77. The molecule has 20 heavy (non-hydrogen) atoms. The smallest absolute Gasteiger partial charge is 0.337 e. The van der Waals surface area contributed by atoms with Gasteiger partial charge in [-0.05, 0) is 33.6 Å². The monoisotopic (exact) mass is 292 g/mol. The standard InChI is InChI=1S/C14H23F3N2O/c1-13(2,3)19-9-10-4-5-11(19)8-18(10)12(20)6-7-14(15,16)17/h10-11H,4-9H2,1-3H3. The molecular formula is C14H23F3N2O. The Hall–Kier alpha value is -0.780. The van der Waals surface area contributed by atoms with Gasteiger partial charge in [-0.3, -0.25) is 9.69 Å². The number of carbonyl (C=O) groups is 1. The molecule has 0 aromatic carbocycles. The second-order valence-electron chi connectivity index (χ2n) is 6.87. The summed E-state index contributed by atoms with van der Waals surface area (Å²) in [7, 11) is 0. The molecule has 2 bridgehead atoms. The quantitative estimate of drug-likeness (QED) is 0.781. The van der Waals surface area contributed by atoms with E-state index in [1.165, 1.54) is 0 Å². The van der Waals surface area contributed by atoms with Crippen molar-refractivity contribution in [2.24, 2.45) is 0 Å². The predicted molar refractivity (Wildman–Crippen MR) is 70.3 cm³/mol. The first kappa shape index (κ1) is 15.6. The maximum atomic E-state index is 12.2. The van der Waals surface area contributed by atoms with Gasteiger partial charge in [-0.15, -0.1) is 0 Å². The third-order valence-electron chi connectivity index (χ3n) is 4.33. The molecule has 3 rings (SSSR count). The lowest BCUT2D eigenvalue weighted by Gasteiger charge is -2.56. The molecule has 116 valence electrons. The highest BCUT2D eigenvalue weighted by Crippen LogP contribution is 2.34. The van der Waals surface area contributed by atoms with Crippen LogP contribution in [-0.4, -0.2) is 52.6 Å². The van der Waals surface area contributed by atoms with Crippen molar-refractivity contribution in [2.45, 2.75) is 70.3 Å². The van der Waals surface area contributed by atoms with Crippen molar-refractivity contribution in [2.75, 3.05) is 13.1 Å². The van der Waals surface area contributed by atoms with Crippen LogP contribution in [-0.2, 0) is 4.79 Å². The topological polar surface area (TPSA) is 23.6 Å². The Bertz CT molecular complexity index is 376. The fourth-order valence-electron chi connectivity index (χ4n) is 3.35. The summed E-state index contributed by atoms with van der Waals surface area (Å²) in [4.78, 5) is 16.1. The summed E-state index contributed by atoms with van der Waals surface area (Å²) in [5, 5.41) is 0. The van der Waals surface area contributed by atoms with E-state index in [-0.39, 0.29) is 23.5 Å². The van der Waals surface area contributed by atoms with E-state index in [1.807, 2.05) is 0 Å². The molecule has 1 amide bonds. The second kappa shape index (κ2) is 5.20. The number of amides is 1. The zero-order chi connectivity index (χ0) is 15.1. The number of piperazine rings is 1. The number of carbonyl (C=O) groups excluding carboxylic acids is 1. The summed E-state index contributed by atoms with van der Waals surface area (Å²) in [6.07, 6.45) is -3.73. The van der Waals surface area contributed by atoms with Crippen molar-refractivity contribution in [3.8, 4) is 0 Å². The van der Waals surface area contributed by atoms with Gasteiger partial charge in [0, 0.05) is 37.1 Å². The summed E-state index contributed by atoms with van der Waals surface area (Å²) in [6.45, 7) is 7.79. The van der Waals surface area contributed by atoms with Crippen LogP contribution < -0.4 is 0 Å². The highest BCUT2D eigenvalue weighted by Gasteiger charge is 2.44. The lowest BCUT2D eigenvalue weighted by Crippen LogP contribution is -2.67. The maximum absolute atomic E-state index is 12.2. The first-order chi connectivity index (χ1) is 9.08. The minimum Gasteiger partial charge on any atom is -0.337 e. The van der Waals surface area contributed by atoms with E-state index in [1.54, 1.807) is 4.90 Å². The van der Waals surface area contributed by atoms with Gasteiger partial charge in [-0.2, -0.15) is 13.2 Å². The van der Waals surface area contributed by atoms with Crippen molar-refractivity contribution in [1.29, 1.82) is 0 Å². The molecule has 6 heteroatoms. The Kier molecular flexibility index (Phi) is 4.06. The van der Waals surface area contributed by atoms with Crippen LogP contribution in [0.3, 0.4) is 0 Å². The number of piperidine rings is 2. The molecule has 0 radical (unpaired) electrons. The van der Waals surface area contributed by atoms with Gasteiger partial charge < -0.3 is 4.90 Å². The van der Waals surface area contributed by atoms with Gasteiger partial charge in [0.1, 0.15) is 0 Å². The van der Waals surface area contributed by atoms with Gasteiger partial charge in [0.05, 0.1) is 6.42 Å². The second-order valence-corrected chi connectivity index (χ2v) is 6.87. The third-order valence-corrected chi connectivity index (χ3v) is 4.33. The molecule has 3 fully saturated rings. The van der Waals surface area contributed by atoms with Crippen LogP contribution in [0.1, 0.15) is 46.5 Å². The van der Waals surface area contributed by atoms with Crippen molar-refractivity contribution < 1.29 is 18.0 Å². The number of hydrogen-bond donors (Lipinski definition) is 0. The minimum atomic E-state index is -4.25. The van der Waals surface area contributed by atoms with Gasteiger partial charge >= 0.3 is 6.18 Å². The van der Waals surface area contributed by atoms with Gasteiger partial charge in [0.2, 0.25) is 5.91 Å². The van der Waals surface area contributed by atoms with E-state index in [0.717, 1.165) is 19.4 Å². The SMILES string of the molecule is CC(C)(C)N1CC2CCC1CN2C(=O)CCC(F)(F)F. The molecule has 3 heterocycles. The molecule has 0 N–H and O–H groups in total. The largest absolute Gasteiger partial charge is 0.389 e. The van der Waals surface area contributed by atoms with Crippen LogP contribution in [0.25, 0.3) is 0 Å². The fraction of sp³-hybridized carbons (Fsp3) is 0.929. The van der Waals surface area contributed by atoms with Crippen molar-refractivity contribution >= 4 is 5.91 Å². The third kappa shape index (κ3) is 3.45. The van der Waals surface area contributed by atoms with Crippen LogP contribution in [0.5, 0.6) is 0 Å². The molecule has 2 unspecified atom stereocenters. The van der Waals surface area contributed by atoms with E-state index in [4.69, 9.17) is 0 Å². The number of alkyl halides is 3. The Morgan fingerprint density at radius 2 is 1.70 bits per heavy atom. The number of hydrogen-bond acceptors (Lipinski definition) is 2. The average molecular weight is 292 g/mol. The number of rotatable bonds is 2. The van der Waals surface area contributed by atoms with E-state index >= 15 is 0 Å². The van der Waals surface area contributed by atoms with Crippen LogP contribution in [0.2, 0.25) is 0 Å². The molecule has 3 saturated heterocycles. The van der Waals surface area contributed by atoms with Crippen molar-refractivity contribution in [1.82, 2.24) is 9.80 Å². The maximum Gasteiger partial charge on any atom is 0.389 e. The van der Waals surface area contributed by atoms with Crippen LogP contribution in [0.15, 0.2) is 0 Å². The Labute approximate surface area is 118 Å². The van der Waals surface area contributed by atoms with E-state index < -0.39 is 19.0 Å². The van der Waals surface area contributed by atoms with Gasteiger partial charge in [0.25, 0.3) is 0 Å². The predicted octanol–water partition coefficient (Wildman–Crippen LogP) is 2.80. The van der Waals surface area contributed by atoms with Gasteiger partial charge in [0.15, 0.2) is 0 Å². The Morgan fingerprint density at radius 1 is 1.10 bits per heavy atom. The zero-order valence-electron chi connectivity index (χ0n) is 12.3. The summed E-state index contributed by atoms with van der Waals surface area (Å²) in [5.41, 5.74) is 0.0461. The van der Waals surface area contributed by atoms with Gasteiger partial charge in [-0.1, -0.05) is 0 Å². The van der Waals surface area contributed by atoms with Gasteiger partial charge in [-0.25, -0.2) is 0 Å². The molecule has 3 aliphatic rings. The summed E-state index contributed by atoms with van der Waals surface area (Å²) in [6, 6.07) is 0.370. The average Bonchev–Trinajstić information content (AvgIpc) is 2.34. The number of fused-ring (bicyclic) bond motifs is 3. The minimum absolute atomic E-state index is 0.0461. The van der Waals surface area contributed by atoms with Crippen LogP contribution >= 0.6 is 0 Å². The van der Waals surface area contributed by atoms with E-state index in [0.29, 0.717) is 6.54 Å². The van der Waals surface area contributed by atoms with E-state index in [2.05, 4.69) is 25.7 Å². The normalized spacial score (nSPS) is 28.0. The fourth-order valence-corrected chi connectivity index (χ4v) is 3.35. The molecule has 3 nitrogen and oxygen atoms in total. The molecule has 0 aromatic heterocycles. The molecule has 0 spiro atoms. The van der Waals surface area contributed by atoms with E-state index in [9.17, 15) is 18.0 Å². The first-order valence-electron chi connectivity index (χ1n) is 7.21. The van der Waals surface area contributed by atoms with Crippen molar-refractivity contribution in [3.63, 3.8) is 0 Å².